The molecule has 2 aromatic carbocycles. The molecule has 2 atom stereocenters. The van der Waals surface area contributed by atoms with Gasteiger partial charge in [-0.2, -0.15) is 10.2 Å². The summed E-state index contributed by atoms with van der Waals surface area (Å²) in [5.74, 6) is -2.38. The van der Waals surface area contributed by atoms with Gasteiger partial charge in [-0.05, 0) is 35.4 Å². The first kappa shape index (κ1) is 23.7. The lowest BCUT2D eigenvalue weighted by atomic mass is 10.2. The van der Waals surface area contributed by atoms with Crippen LogP contribution in [0.15, 0.2) is 58.7 Å². The molecule has 166 valence electrons. The van der Waals surface area contributed by atoms with Crippen molar-refractivity contribution < 1.29 is 29.6 Å². The number of benzene rings is 2. The molecule has 0 radical (unpaired) electrons. The van der Waals surface area contributed by atoms with Crippen LogP contribution in [0, 0.1) is 20.2 Å². The van der Waals surface area contributed by atoms with Gasteiger partial charge in [0.15, 0.2) is 12.2 Å². The summed E-state index contributed by atoms with van der Waals surface area (Å²) in [5, 5.41) is 47.7. The second-order valence-electron chi connectivity index (χ2n) is 6.06. The van der Waals surface area contributed by atoms with Crippen LogP contribution in [-0.2, 0) is 9.59 Å². The lowest BCUT2D eigenvalue weighted by Crippen LogP contribution is -2.47. The van der Waals surface area contributed by atoms with E-state index >= 15 is 0 Å². The number of nitrogens with zero attached hydrogens (tertiary/aromatic N) is 4. The highest BCUT2D eigenvalue weighted by Crippen LogP contribution is 2.11. The van der Waals surface area contributed by atoms with E-state index in [4.69, 9.17) is 0 Å². The number of carbonyl (C=O) groups is 2. The molecular weight excluding hydrogens is 428 g/mol. The van der Waals surface area contributed by atoms with Crippen LogP contribution in [-0.4, -0.2) is 56.5 Å². The number of hydrogen-bond donors (Lipinski definition) is 4. The van der Waals surface area contributed by atoms with Gasteiger partial charge in [0, 0.05) is 24.3 Å². The van der Waals surface area contributed by atoms with Crippen LogP contribution < -0.4 is 10.9 Å². The van der Waals surface area contributed by atoms with Crippen LogP contribution in [0.1, 0.15) is 11.1 Å². The number of aliphatic hydroxyl groups excluding tert-OH is 2. The molecule has 0 aromatic heterocycles. The molecule has 0 bridgehead atoms. The van der Waals surface area contributed by atoms with E-state index in [1.54, 1.807) is 0 Å². The fraction of sp³-hybridized carbons (Fsp3) is 0.111. The van der Waals surface area contributed by atoms with Gasteiger partial charge in [-0.1, -0.05) is 0 Å². The summed E-state index contributed by atoms with van der Waals surface area (Å²) in [4.78, 5) is 43.6. The maximum absolute atomic E-state index is 11.8. The number of hydrogen-bond acceptors (Lipinski definition) is 10. The number of hydrazone groups is 2. The first-order valence-corrected chi connectivity index (χ1v) is 8.70. The number of aliphatic hydroxyl groups is 2. The Morgan fingerprint density at radius 3 is 1.34 bits per heavy atom. The summed E-state index contributed by atoms with van der Waals surface area (Å²) < 4.78 is 0. The maximum atomic E-state index is 11.8. The molecule has 32 heavy (non-hydrogen) atoms. The van der Waals surface area contributed by atoms with E-state index in [1.807, 2.05) is 10.9 Å². The van der Waals surface area contributed by atoms with Gasteiger partial charge < -0.3 is 10.2 Å². The van der Waals surface area contributed by atoms with Crippen LogP contribution >= 0.6 is 0 Å². The van der Waals surface area contributed by atoms with Gasteiger partial charge >= 0.3 is 0 Å². The van der Waals surface area contributed by atoms with Crippen molar-refractivity contribution in [2.24, 2.45) is 10.2 Å². The van der Waals surface area contributed by atoms with Crippen molar-refractivity contribution in [3.05, 3.63) is 79.9 Å². The van der Waals surface area contributed by atoms with Crippen molar-refractivity contribution in [3.63, 3.8) is 0 Å². The molecule has 0 aliphatic heterocycles. The number of amides is 2. The van der Waals surface area contributed by atoms with E-state index < -0.39 is 33.9 Å². The highest BCUT2D eigenvalue weighted by molar-refractivity contribution is 5.92. The Kier molecular flexibility index (Phi) is 8.15. The summed E-state index contributed by atoms with van der Waals surface area (Å²) in [7, 11) is 0. The van der Waals surface area contributed by atoms with Gasteiger partial charge in [0.2, 0.25) is 0 Å². The Balaban J connectivity index is 1.84. The third kappa shape index (κ3) is 6.75. The Hall–Kier alpha value is -4.56. The number of nitro groups is 2. The molecule has 14 heteroatoms. The van der Waals surface area contributed by atoms with Crippen LogP contribution in [0.5, 0.6) is 0 Å². The lowest BCUT2D eigenvalue weighted by molar-refractivity contribution is -0.385. The van der Waals surface area contributed by atoms with Crippen LogP contribution in [0.4, 0.5) is 11.4 Å². The van der Waals surface area contributed by atoms with Gasteiger partial charge in [0.05, 0.1) is 22.3 Å². The van der Waals surface area contributed by atoms with Crippen molar-refractivity contribution in [3.8, 4) is 0 Å². The second kappa shape index (κ2) is 11.0. The van der Waals surface area contributed by atoms with Crippen molar-refractivity contribution in [1.82, 2.24) is 10.9 Å². The van der Waals surface area contributed by atoms with E-state index in [-0.39, 0.29) is 11.4 Å². The zero-order valence-electron chi connectivity index (χ0n) is 16.1. The SMILES string of the molecule is O=C(N/N=C\c1ccc([N+](=O)[O-])cc1)[C@H](O)[C@@H](O)C(=O)N/N=C\c1ccc([N+](=O)[O-])cc1. The topological polar surface area (TPSA) is 210 Å². The summed E-state index contributed by atoms with van der Waals surface area (Å²) >= 11 is 0. The average Bonchev–Trinajstić information content (AvgIpc) is 2.78. The summed E-state index contributed by atoms with van der Waals surface area (Å²) in [6, 6.07) is 10.4. The fourth-order valence-corrected chi connectivity index (χ4v) is 2.12. The molecule has 0 aliphatic rings. The van der Waals surface area contributed by atoms with Crippen molar-refractivity contribution in [2.45, 2.75) is 12.2 Å². The largest absolute Gasteiger partial charge is 0.380 e. The molecule has 0 fully saturated rings. The highest BCUT2D eigenvalue weighted by Gasteiger charge is 2.30. The predicted molar refractivity (Wildman–Crippen MR) is 110 cm³/mol. The maximum Gasteiger partial charge on any atom is 0.272 e. The molecule has 0 saturated carbocycles. The Morgan fingerprint density at radius 2 is 1.06 bits per heavy atom. The molecule has 0 aliphatic carbocycles. The minimum atomic E-state index is -2.17. The molecule has 14 nitrogen and oxygen atoms in total. The molecular formula is C18H16N6O8. The van der Waals surface area contributed by atoms with Gasteiger partial charge in [-0.25, -0.2) is 10.9 Å². The molecule has 2 rings (SSSR count). The summed E-state index contributed by atoms with van der Waals surface area (Å²) in [6.45, 7) is 0. The fourth-order valence-electron chi connectivity index (χ4n) is 2.12. The van der Waals surface area contributed by atoms with Crippen molar-refractivity contribution >= 4 is 35.6 Å². The summed E-state index contributed by atoms with van der Waals surface area (Å²) in [5.41, 5.74) is 4.38. The quantitative estimate of drug-likeness (QED) is 0.231. The first-order chi connectivity index (χ1) is 15.2. The molecule has 2 aromatic rings. The number of carbonyl (C=O) groups excluding carboxylic acids is 2. The Labute approximate surface area is 179 Å². The van der Waals surface area contributed by atoms with Crippen LogP contribution in [0.3, 0.4) is 0 Å². The number of nitrogens with one attached hydrogen (secondary N) is 2. The smallest absolute Gasteiger partial charge is 0.272 e. The van der Waals surface area contributed by atoms with E-state index in [9.17, 15) is 40.0 Å². The number of non-ortho nitro benzene ring substituents is 2. The highest BCUT2D eigenvalue weighted by atomic mass is 16.6. The lowest BCUT2D eigenvalue weighted by Gasteiger charge is -2.14. The predicted octanol–water partition coefficient (Wildman–Crippen LogP) is -0.175. The standard InChI is InChI=1S/C18H16N6O8/c25-15(17(27)21-19-9-11-1-5-13(6-2-11)23(29)30)16(26)18(28)22-20-10-12-3-7-14(8-4-12)24(31)32/h1-10,15-16,25-26H,(H,21,27)(H,22,28)/b19-9-,20-10-/t15-,16-/m1/s1. The normalized spacial score (nSPS) is 12.9. The molecule has 4 N–H and O–H groups in total. The summed E-state index contributed by atoms with van der Waals surface area (Å²) in [6.07, 6.45) is -2.07. The molecule has 0 spiro atoms. The van der Waals surface area contributed by atoms with E-state index in [0.717, 1.165) is 12.4 Å². The van der Waals surface area contributed by atoms with Gasteiger partial charge in [-0.3, -0.25) is 29.8 Å². The van der Waals surface area contributed by atoms with Gasteiger partial charge in [0.1, 0.15) is 0 Å². The monoisotopic (exact) mass is 444 g/mol. The molecule has 2 amide bonds. The van der Waals surface area contributed by atoms with Crippen molar-refractivity contribution in [1.29, 1.82) is 0 Å². The molecule has 0 heterocycles. The zero-order valence-corrected chi connectivity index (χ0v) is 16.1. The van der Waals surface area contributed by atoms with Gasteiger partial charge in [0.25, 0.3) is 23.2 Å². The molecule has 0 unspecified atom stereocenters. The Morgan fingerprint density at radius 1 is 0.750 bits per heavy atom. The number of nitro benzene ring substituents is 2. The van der Waals surface area contributed by atoms with Crippen molar-refractivity contribution in [2.75, 3.05) is 0 Å². The van der Waals surface area contributed by atoms with Crippen LogP contribution in [0.2, 0.25) is 0 Å². The minimum Gasteiger partial charge on any atom is -0.380 e. The second-order valence-corrected chi connectivity index (χ2v) is 6.06. The van der Waals surface area contributed by atoms with Gasteiger partial charge in [-0.15, -0.1) is 0 Å². The zero-order chi connectivity index (χ0) is 23.7. The van der Waals surface area contributed by atoms with E-state index in [0.29, 0.717) is 11.1 Å². The third-order valence-electron chi connectivity index (χ3n) is 3.82. The van der Waals surface area contributed by atoms with E-state index in [1.165, 1.54) is 48.5 Å². The molecule has 0 saturated heterocycles. The van der Waals surface area contributed by atoms with E-state index in [2.05, 4.69) is 10.2 Å². The first-order valence-electron chi connectivity index (χ1n) is 8.70. The Bertz CT molecular complexity index is 967. The third-order valence-corrected chi connectivity index (χ3v) is 3.82. The minimum absolute atomic E-state index is 0.132. The van der Waals surface area contributed by atoms with Crippen LogP contribution in [0.25, 0.3) is 0 Å². The average molecular weight is 444 g/mol. The number of rotatable bonds is 9.